The van der Waals surface area contributed by atoms with Crippen LogP contribution in [0, 0.1) is 13.8 Å². The molecule has 5 rings (SSSR count). The third-order valence-corrected chi connectivity index (χ3v) is 9.32. The van der Waals surface area contributed by atoms with Crippen molar-refractivity contribution in [3.63, 3.8) is 0 Å². The molecule has 2 heterocycles. The summed E-state index contributed by atoms with van der Waals surface area (Å²) >= 11 is 0. The number of rotatable bonds is 5. The van der Waals surface area contributed by atoms with E-state index in [1.165, 1.54) is 24.3 Å². The zero-order valence-corrected chi connectivity index (χ0v) is 19.7. The Morgan fingerprint density at radius 2 is 1.79 bits per heavy atom. The van der Waals surface area contributed by atoms with Crippen LogP contribution in [0.15, 0.2) is 39.8 Å². The van der Waals surface area contributed by atoms with Gasteiger partial charge in [0.15, 0.2) is 9.84 Å². The predicted octanol–water partition coefficient (Wildman–Crippen LogP) is 2.91. The highest BCUT2D eigenvalue weighted by atomic mass is 32.2. The average Bonchev–Trinajstić information content (AvgIpc) is 3.47. The van der Waals surface area contributed by atoms with Gasteiger partial charge in [-0.25, -0.2) is 20.8 Å². The number of carbonyl (C=O) groups excluding carboxylic acids is 1. The second-order valence-corrected chi connectivity index (χ2v) is 12.5. The molecule has 1 aliphatic carbocycles. The van der Waals surface area contributed by atoms with Gasteiger partial charge in [0.25, 0.3) is 5.91 Å². The highest BCUT2D eigenvalue weighted by Gasteiger charge is 2.39. The summed E-state index contributed by atoms with van der Waals surface area (Å²) < 4.78 is 57.7. The molecule has 9 nitrogen and oxygen atoms in total. The molecule has 33 heavy (non-hydrogen) atoms. The van der Waals surface area contributed by atoms with Crippen LogP contribution in [0.3, 0.4) is 0 Å². The second-order valence-electron chi connectivity index (χ2n) is 8.44. The number of nitrogens with zero attached hydrogens (tertiary/aromatic N) is 2. The molecule has 0 atom stereocenters. The number of primary amides is 1. The van der Waals surface area contributed by atoms with Crippen molar-refractivity contribution in [1.29, 1.82) is 0 Å². The molecule has 1 amide bonds. The lowest BCUT2D eigenvalue weighted by Gasteiger charge is -2.11. The van der Waals surface area contributed by atoms with Crippen molar-refractivity contribution in [2.24, 2.45) is 5.73 Å². The summed E-state index contributed by atoms with van der Waals surface area (Å²) in [5.74, 6) is -0.277. The first-order valence-corrected chi connectivity index (χ1v) is 13.6. The highest BCUT2D eigenvalue weighted by Crippen LogP contribution is 2.41. The average molecular weight is 488 g/mol. The van der Waals surface area contributed by atoms with Gasteiger partial charge in [-0.2, -0.15) is 0 Å². The van der Waals surface area contributed by atoms with Crippen LogP contribution in [0.4, 0.5) is 0 Å². The van der Waals surface area contributed by atoms with E-state index in [9.17, 15) is 21.6 Å². The van der Waals surface area contributed by atoms with Crippen LogP contribution < -0.4 is 5.73 Å². The minimum absolute atomic E-state index is 0.0174. The van der Waals surface area contributed by atoms with Gasteiger partial charge in [-0.3, -0.25) is 4.79 Å². The van der Waals surface area contributed by atoms with Crippen molar-refractivity contribution in [2.45, 2.75) is 36.8 Å². The van der Waals surface area contributed by atoms with Gasteiger partial charge in [0.1, 0.15) is 5.76 Å². The first kappa shape index (κ1) is 21.7. The van der Waals surface area contributed by atoms with E-state index >= 15 is 0 Å². The molecular weight excluding hydrogens is 466 g/mol. The molecule has 172 valence electrons. The fraction of sp³-hybridized carbons (Fsp3) is 0.273. The van der Waals surface area contributed by atoms with Gasteiger partial charge in [0.2, 0.25) is 10.0 Å². The smallest absolute Gasteiger partial charge is 0.250 e. The lowest BCUT2D eigenvalue weighted by Crippen LogP contribution is -2.20. The molecule has 1 saturated carbocycles. The summed E-state index contributed by atoms with van der Waals surface area (Å²) in [7, 11) is -7.40. The largest absolute Gasteiger partial charge is 0.366 e. The maximum Gasteiger partial charge on any atom is 0.250 e. The van der Waals surface area contributed by atoms with Crippen molar-refractivity contribution >= 4 is 47.6 Å². The number of amides is 1. The molecule has 2 aromatic carbocycles. The van der Waals surface area contributed by atoms with Gasteiger partial charge < -0.3 is 10.3 Å². The van der Waals surface area contributed by atoms with Crippen LogP contribution in [0.1, 0.15) is 34.7 Å². The topological polar surface area (TPSA) is 142 Å². The van der Waals surface area contributed by atoms with Crippen molar-refractivity contribution in [1.82, 2.24) is 9.13 Å². The molecule has 1 aliphatic rings. The number of benzene rings is 2. The number of carbonyl (C=O) groups is 1. The van der Waals surface area contributed by atoms with E-state index < -0.39 is 31.0 Å². The molecule has 2 aromatic heterocycles. The van der Waals surface area contributed by atoms with Gasteiger partial charge in [-0.15, -0.1) is 0 Å². The normalized spacial score (nSPS) is 14.9. The summed E-state index contributed by atoms with van der Waals surface area (Å²) in [6.07, 6.45) is 2.13. The Balaban J connectivity index is 2.01. The number of sulfone groups is 1. The van der Waals surface area contributed by atoms with Gasteiger partial charge in [-0.05, 0) is 62.6 Å². The molecular formula is C22H21N3O6S2. The van der Waals surface area contributed by atoms with Gasteiger partial charge in [0.05, 0.1) is 32.4 Å². The number of hydrogen-bond acceptors (Lipinski definition) is 7. The maximum atomic E-state index is 13.4. The lowest BCUT2D eigenvalue weighted by atomic mass is 9.98. The fourth-order valence-corrected chi connectivity index (χ4v) is 6.89. The lowest BCUT2D eigenvalue weighted by molar-refractivity contribution is 0.100. The van der Waals surface area contributed by atoms with E-state index in [2.05, 4.69) is 5.16 Å². The molecule has 2 N–H and O–H groups in total. The van der Waals surface area contributed by atoms with Crippen molar-refractivity contribution in [2.75, 3.05) is 6.26 Å². The Morgan fingerprint density at radius 3 is 2.33 bits per heavy atom. The second kappa shape index (κ2) is 6.91. The number of aromatic nitrogens is 2. The summed E-state index contributed by atoms with van der Waals surface area (Å²) in [4.78, 5) is 12.6. The van der Waals surface area contributed by atoms with Gasteiger partial charge in [-0.1, -0.05) is 5.16 Å². The SMILES string of the molecule is Cc1noc(C)c1-c1cc(C(N)=O)c2c(c1)c1cc(S(C)(=O)=O)ccc1n2S(=O)(=O)C1CC1. The molecule has 1 fully saturated rings. The van der Waals surface area contributed by atoms with Crippen molar-refractivity contribution in [3.8, 4) is 11.1 Å². The van der Waals surface area contributed by atoms with Crippen LogP contribution in [-0.4, -0.2) is 43.4 Å². The van der Waals surface area contributed by atoms with E-state index in [0.29, 0.717) is 51.7 Å². The predicted molar refractivity (Wildman–Crippen MR) is 123 cm³/mol. The Hall–Kier alpha value is -3.18. The summed E-state index contributed by atoms with van der Waals surface area (Å²) in [6.45, 7) is 3.48. The molecule has 0 spiro atoms. The zero-order chi connectivity index (χ0) is 23.9. The zero-order valence-electron chi connectivity index (χ0n) is 18.1. The molecule has 0 unspecified atom stereocenters. The quantitative estimate of drug-likeness (QED) is 0.456. The Morgan fingerprint density at radius 1 is 1.09 bits per heavy atom. The summed E-state index contributed by atoms with van der Waals surface area (Å²) in [5.41, 5.74) is 7.99. The highest BCUT2D eigenvalue weighted by molar-refractivity contribution is 7.91. The van der Waals surface area contributed by atoms with Crippen LogP contribution >= 0.6 is 0 Å². The van der Waals surface area contributed by atoms with Gasteiger partial charge >= 0.3 is 0 Å². The van der Waals surface area contributed by atoms with Crippen LogP contribution in [0.5, 0.6) is 0 Å². The summed E-state index contributed by atoms with van der Waals surface area (Å²) in [6, 6.07) is 7.53. The van der Waals surface area contributed by atoms with Gasteiger partial charge in [0, 0.05) is 22.6 Å². The van der Waals surface area contributed by atoms with Crippen molar-refractivity contribution in [3.05, 3.63) is 47.3 Å². The van der Waals surface area contributed by atoms with Crippen LogP contribution in [0.2, 0.25) is 0 Å². The fourth-order valence-electron chi connectivity index (χ4n) is 4.32. The van der Waals surface area contributed by atoms with Crippen LogP contribution in [-0.2, 0) is 19.9 Å². The van der Waals surface area contributed by atoms with Crippen molar-refractivity contribution < 1.29 is 26.2 Å². The standard InChI is InChI=1S/C22H21N3O6S2/c1-11-20(12(2)31-24-11)13-8-17-16-10-15(32(3,27)28)6-7-19(16)25(33(29,30)14-4-5-14)21(17)18(9-13)22(23)26/h6-10,14H,4-5H2,1-3H3,(H2,23,26). The molecule has 0 bridgehead atoms. The molecule has 11 heteroatoms. The van der Waals surface area contributed by atoms with E-state index in [-0.39, 0.29) is 16.0 Å². The Kier molecular flexibility index (Phi) is 4.53. The molecule has 0 saturated heterocycles. The summed E-state index contributed by atoms with van der Waals surface area (Å²) in [5, 5.41) is 4.20. The maximum absolute atomic E-state index is 13.4. The number of nitrogens with two attached hydrogens (primary N) is 1. The first-order valence-electron chi connectivity index (χ1n) is 10.2. The molecule has 4 aromatic rings. The third kappa shape index (κ3) is 3.25. The number of hydrogen-bond donors (Lipinski definition) is 1. The molecule has 0 radical (unpaired) electrons. The number of aryl methyl sites for hydroxylation is 2. The monoisotopic (exact) mass is 487 g/mol. The third-order valence-electron chi connectivity index (χ3n) is 6.01. The minimum Gasteiger partial charge on any atom is -0.366 e. The van der Waals surface area contributed by atoms with E-state index in [1.54, 1.807) is 19.9 Å². The molecule has 0 aliphatic heterocycles. The van der Waals surface area contributed by atoms with E-state index in [4.69, 9.17) is 10.3 Å². The Labute approximate surface area is 190 Å². The number of fused-ring (bicyclic) bond motifs is 3. The van der Waals surface area contributed by atoms with Crippen LogP contribution in [0.25, 0.3) is 32.9 Å². The van der Waals surface area contributed by atoms with E-state index in [0.717, 1.165) is 10.2 Å². The Bertz CT molecular complexity index is 1690. The van der Waals surface area contributed by atoms with E-state index in [1.807, 2.05) is 0 Å². The first-order chi connectivity index (χ1) is 15.4. The minimum atomic E-state index is -3.83.